The normalized spacial score (nSPS) is 16.6. The highest BCUT2D eigenvalue weighted by Crippen LogP contribution is 2.31. The number of nitrogen functional groups attached to an aromatic ring is 1. The zero-order valence-corrected chi connectivity index (χ0v) is 13.9. The number of halogens is 1. The molecule has 2 rings (SSSR count). The molecule has 0 spiro atoms. The van der Waals surface area contributed by atoms with E-state index in [4.69, 9.17) is 19.9 Å². The van der Waals surface area contributed by atoms with Gasteiger partial charge in [-0.2, -0.15) is 0 Å². The van der Waals surface area contributed by atoms with Gasteiger partial charge >= 0.3 is 0 Å². The minimum absolute atomic E-state index is 0.0776. The van der Waals surface area contributed by atoms with Crippen molar-refractivity contribution < 1.29 is 18.6 Å². The zero-order chi connectivity index (χ0) is 17.0. The zero-order valence-electron chi connectivity index (χ0n) is 13.9. The van der Waals surface area contributed by atoms with E-state index in [2.05, 4.69) is 0 Å². The Hall–Kier alpha value is -2.43. The molecule has 0 radical (unpaired) electrons. The Morgan fingerprint density at radius 1 is 1.17 bits per heavy atom. The smallest absolute Gasteiger partial charge is 0.167 e. The molecule has 0 amide bonds. The average Bonchev–Trinajstić information content (AvgIpc) is 2.53. The molecule has 0 unspecified atom stereocenters. The van der Waals surface area contributed by atoms with Crippen molar-refractivity contribution in [3.05, 3.63) is 59.0 Å². The molecule has 124 valence electrons. The van der Waals surface area contributed by atoms with Gasteiger partial charge in [0, 0.05) is 17.7 Å². The van der Waals surface area contributed by atoms with Gasteiger partial charge in [0.2, 0.25) is 0 Å². The Balaban J connectivity index is 2.39. The third kappa shape index (κ3) is 3.86. The summed E-state index contributed by atoms with van der Waals surface area (Å²) in [5, 5.41) is 0. The molecule has 1 aromatic carbocycles. The number of anilines is 1. The predicted molar refractivity (Wildman–Crippen MR) is 88.1 cm³/mol. The first-order valence-electron chi connectivity index (χ1n) is 7.42. The number of methoxy groups -OCH3 is 2. The molecule has 2 N–H and O–H groups in total. The van der Waals surface area contributed by atoms with Crippen molar-refractivity contribution in [3.8, 4) is 5.75 Å². The number of benzene rings is 1. The van der Waals surface area contributed by atoms with Crippen molar-refractivity contribution in [2.45, 2.75) is 20.3 Å². The number of allylic oxidation sites excluding steroid dienone is 4. The van der Waals surface area contributed by atoms with E-state index in [1.807, 2.05) is 26.0 Å². The van der Waals surface area contributed by atoms with Gasteiger partial charge in [0.15, 0.2) is 23.1 Å². The van der Waals surface area contributed by atoms with Crippen molar-refractivity contribution in [2.24, 2.45) is 5.92 Å². The molecule has 0 bridgehead atoms. The van der Waals surface area contributed by atoms with Gasteiger partial charge in [-0.1, -0.05) is 13.8 Å². The first-order valence-corrected chi connectivity index (χ1v) is 7.42. The average molecular weight is 319 g/mol. The number of hydrogen-bond acceptors (Lipinski definition) is 4. The van der Waals surface area contributed by atoms with E-state index in [1.165, 1.54) is 12.1 Å². The monoisotopic (exact) mass is 319 g/mol. The summed E-state index contributed by atoms with van der Waals surface area (Å²) in [7, 11) is 3.17. The maximum absolute atomic E-state index is 14.0. The van der Waals surface area contributed by atoms with Crippen LogP contribution in [0.25, 0.3) is 0 Å². The van der Waals surface area contributed by atoms with Crippen LogP contribution in [0.3, 0.4) is 0 Å². The van der Waals surface area contributed by atoms with E-state index < -0.39 is 5.82 Å². The summed E-state index contributed by atoms with van der Waals surface area (Å²) in [6.07, 6.45) is 4.41. The second-order valence-electron chi connectivity index (χ2n) is 5.53. The molecule has 0 saturated heterocycles. The Kier molecular flexibility index (Phi) is 5.32. The molecule has 1 aliphatic carbocycles. The maximum atomic E-state index is 14.0. The Labute approximate surface area is 136 Å². The molecule has 0 aliphatic heterocycles. The third-order valence-electron chi connectivity index (χ3n) is 3.51. The van der Waals surface area contributed by atoms with Gasteiger partial charge in [-0.25, -0.2) is 4.39 Å². The van der Waals surface area contributed by atoms with Crippen LogP contribution in [0.15, 0.2) is 53.2 Å². The van der Waals surface area contributed by atoms with Gasteiger partial charge in [-0.3, -0.25) is 0 Å². The summed E-state index contributed by atoms with van der Waals surface area (Å²) in [6.45, 7) is 3.99. The summed E-state index contributed by atoms with van der Waals surface area (Å²) in [4.78, 5) is 0. The van der Waals surface area contributed by atoms with Crippen LogP contribution < -0.4 is 10.5 Å². The number of hydrogen-bond donors (Lipinski definition) is 1. The predicted octanol–water partition coefficient (Wildman–Crippen LogP) is 4.16. The minimum atomic E-state index is -0.483. The summed E-state index contributed by atoms with van der Waals surface area (Å²) in [5.41, 5.74) is 6.86. The molecule has 1 aliphatic rings. The van der Waals surface area contributed by atoms with Crippen molar-refractivity contribution in [2.75, 3.05) is 20.0 Å². The fraction of sp³-hybridized carbons (Fsp3) is 0.333. The van der Waals surface area contributed by atoms with Crippen molar-refractivity contribution in [1.82, 2.24) is 0 Å². The quantitative estimate of drug-likeness (QED) is 0.654. The molecule has 1 aromatic rings. The van der Waals surface area contributed by atoms with Gasteiger partial charge in [0.1, 0.15) is 5.76 Å². The van der Waals surface area contributed by atoms with Crippen molar-refractivity contribution in [3.63, 3.8) is 0 Å². The van der Waals surface area contributed by atoms with E-state index in [1.54, 1.807) is 20.3 Å². The molecule has 0 aromatic heterocycles. The Morgan fingerprint density at radius 3 is 2.43 bits per heavy atom. The lowest BCUT2D eigenvalue weighted by Gasteiger charge is -2.21. The molecule has 0 fully saturated rings. The molecule has 0 atom stereocenters. The summed E-state index contributed by atoms with van der Waals surface area (Å²) in [5.74, 6) is 1.74. The van der Waals surface area contributed by atoms with Crippen LogP contribution in [0.2, 0.25) is 0 Å². The minimum Gasteiger partial charge on any atom is -0.493 e. The van der Waals surface area contributed by atoms with Crippen LogP contribution in [-0.2, 0) is 9.47 Å². The molecule has 23 heavy (non-hydrogen) atoms. The SMILES string of the molecule is COC1=CC/C(=C(/Oc2ccc(N)cc2F)C(C)C)C=C1OC. The van der Waals surface area contributed by atoms with Crippen LogP contribution in [-0.4, -0.2) is 14.2 Å². The van der Waals surface area contributed by atoms with Crippen LogP contribution in [0.4, 0.5) is 10.1 Å². The van der Waals surface area contributed by atoms with Crippen LogP contribution in [0.5, 0.6) is 5.75 Å². The fourth-order valence-corrected chi connectivity index (χ4v) is 2.38. The summed E-state index contributed by atoms with van der Waals surface area (Å²) in [6, 6.07) is 4.40. The van der Waals surface area contributed by atoms with E-state index in [9.17, 15) is 4.39 Å². The summed E-state index contributed by atoms with van der Waals surface area (Å²) >= 11 is 0. The number of nitrogens with two attached hydrogens (primary N) is 1. The van der Waals surface area contributed by atoms with Crippen LogP contribution in [0, 0.1) is 11.7 Å². The van der Waals surface area contributed by atoms with E-state index in [0.717, 1.165) is 5.57 Å². The fourth-order valence-electron chi connectivity index (χ4n) is 2.38. The van der Waals surface area contributed by atoms with Crippen LogP contribution in [0.1, 0.15) is 20.3 Å². The molecular formula is C18H22FNO3. The van der Waals surface area contributed by atoms with E-state index in [-0.39, 0.29) is 11.7 Å². The number of rotatable bonds is 5. The first kappa shape index (κ1) is 16.9. The molecule has 4 nitrogen and oxygen atoms in total. The highest BCUT2D eigenvalue weighted by molar-refractivity contribution is 5.44. The largest absolute Gasteiger partial charge is 0.493 e. The number of ether oxygens (including phenoxy) is 3. The van der Waals surface area contributed by atoms with Gasteiger partial charge < -0.3 is 19.9 Å². The van der Waals surface area contributed by atoms with Crippen molar-refractivity contribution in [1.29, 1.82) is 0 Å². The van der Waals surface area contributed by atoms with Gasteiger partial charge in [-0.15, -0.1) is 0 Å². The lowest BCUT2D eigenvalue weighted by Crippen LogP contribution is -2.10. The third-order valence-corrected chi connectivity index (χ3v) is 3.51. The van der Waals surface area contributed by atoms with E-state index >= 15 is 0 Å². The lowest BCUT2D eigenvalue weighted by molar-refractivity contribution is 0.217. The highest BCUT2D eigenvalue weighted by Gasteiger charge is 2.19. The molecule has 0 heterocycles. The van der Waals surface area contributed by atoms with Crippen LogP contribution >= 0.6 is 0 Å². The van der Waals surface area contributed by atoms with Gasteiger partial charge in [0.25, 0.3) is 0 Å². The summed E-state index contributed by atoms with van der Waals surface area (Å²) < 4.78 is 30.4. The van der Waals surface area contributed by atoms with E-state index in [0.29, 0.717) is 29.4 Å². The molecule has 5 heteroatoms. The molecular weight excluding hydrogens is 297 g/mol. The molecule has 0 saturated carbocycles. The second-order valence-corrected chi connectivity index (χ2v) is 5.53. The maximum Gasteiger partial charge on any atom is 0.167 e. The van der Waals surface area contributed by atoms with Gasteiger partial charge in [0.05, 0.1) is 14.2 Å². The van der Waals surface area contributed by atoms with Crippen molar-refractivity contribution >= 4 is 5.69 Å². The van der Waals surface area contributed by atoms with Gasteiger partial charge in [-0.05, 0) is 36.3 Å². The lowest BCUT2D eigenvalue weighted by atomic mass is 9.99. The second kappa shape index (κ2) is 7.22. The highest BCUT2D eigenvalue weighted by atomic mass is 19.1. The Bertz CT molecular complexity index is 675. The first-order chi connectivity index (χ1) is 11.0. The topological polar surface area (TPSA) is 53.7 Å². The standard InChI is InChI=1S/C18H22FNO3/c1-11(2)18(23-15-8-6-13(20)10-14(15)19)12-5-7-16(21-3)17(9-12)22-4/h6-11H,5,20H2,1-4H3/b18-12-. The Morgan fingerprint density at radius 2 is 1.87 bits per heavy atom.